The van der Waals surface area contributed by atoms with Gasteiger partial charge in [0.1, 0.15) is 0 Å². The molecule has 0 aliphatic heterocycles. The van der Waals surface area contributed by atoms with Crippen molar-refractivity contribution in [2.45, 2.75) is 87.8 Å². The van der Waals surface area contributed by atoms with Gasteiger partial charge in [-0.3, -0.25) is 0 Å². The molecule has 2 aliphatic carbocycles. The van der Waals surface area contributed by atoms with E-state index in [0.29, 0.717) is 11.1 Å². The van der Waals surface area contributed by atoms with Crippen LogP contribution in [0.4, 0.5) is 0 Å². The number of aliphatic hydroxyl groups is 2. The monoisotopic (exact) mass is 362 g/mol. The standard InChI is InChI=1S/C16H34O5Si2/c1-19-22(3,15-9-5-13(17)6-10-15)21-23(4,20-2)16-11-7-14(18)8-12-16/h13-18H,5-12H2,1-4H3. The van der Waals surface area contributed by atoms with Crippen molar-refractivity contribution >= 4 is 17.1 Å². The Bertz CT molecular complexity index is 335. The van der Waals surface area contributed by atoms with E-state index in [9.17, 15) is 10.2 Å². The molecule has 2 rings (SSSR count). The molecule has 0 aromatic rings. The molecule has 23 heavy (non-hydrogen) atoms. The SMILES string of the molecule is CO[Si](C)(O[Si](C)(OC)C1CCC(O)CC1)C1CCC(O)CC1. The van der Waals surface area contributed by atoms with E-state index >= 15 is 0 Å². The molecule has 0 spiro atoms. The second-order valence-electron chi connectivity index (χ2n) is 7.55. The van der Waals surface area contributed by atoms with Crippen LogP contribution in [0.1, 0.15) is 51.4 Å². The molecule has 0 bridgehead atoms. The Balaban J connectivity index is 2.07. The predicted molar refractivity (Wildman–Crippen MR) is 94.8 cm³/mol. The summed E-state index contributed by atoms with van der Waals surface area (Å²) in [5.74, 6) is 0. The van der Waals surface area contributed by atoms with Gasteiger partial charge in [0, 0.05) is 25.3 Å². The van der Waals surface area contributed by atoms with Gasteiger partial charge >= 0.3 is 17.1 Å². The topological polar surface area (TPSA) is 68.2 Å². The first-order chi connectivity index (χ1) is 10.8. The van der Waals surface area contributed by atoms with E-state index in [-0.39, 0.29) is 12.2 Å². The Hall–Kier alpha value is 0.234. The molecule has 2 fully saturated rings. The molecule has 2 N–H and O–H groups in total. The van der Waals surface area contributed by atoms with Crippen LogP contribution in [0.15, 0.2) is 0 Å². The summed E-state index contributed by atoms with van der Waals surface area (Å²) in [5, 5.41) is 19.5. The molecule has 2 saturated carbocycles. The molecular weight excluding hydrogens is 328 g/mol. The Morgan fingerprint density at radius 1 is 0.652 bits per heavy atom. The third kappa shape index (κ3) is 4.65. The number of rotatable bonds is 6. The summed E-state index contributed by atoms with van der Waals surface area (Å²) < 4.78 is 18.7. The van der Waals surface area contributed by atoms with Gasteiger partial charge in [-0.1, -0.05) is 0 Å². The third-order valence-corrected chi connectivity index (χ3v) is 15.1. The molecule has 0 heterocycles. The van der Waals surface area contributed by atoms with E-state index in [1.165, 1.54) is 0 Å². The summed E-state index contributed by atoms with van der Waals surface area (Å²) in [6.07, 6.45) is 7.00. The second-order valence-corrected chi connectivity index (χ2v) is 14.9. The van der Waals surface area contributed by atoms with Crippen LogP contribution in [-0.2, 0) is 13.0 Å². The Morgan fingerprint density at radius 3 is 1.22 bits per heavy atom. The minimum atomic E-state index is -2.35. The van der Waals surface area contributed by atoms with E-state index < -0.39 is 17.1 Å². The summed E-state index contributed by atoms with van der Waals surface area (Å²) in [4.78, 5) is 0. The highest BCUT2D eigenvalue weighted by molar-refractivity contribution is 6.81. The van der Waals surface area contributed by atoms with Crippen LogP contribution >= 0.6 is 0 Å². The van der Waals surface area contributed by atoms with Crippen molar-refractivity contribution in [1.29, 1.82) is 0 Å². The van der Waals surface area contributed by atoms with Gasteiger partial charge in [0.2, 0.25) is 0 Å². The van der Waals surface area contributed by atoms with E-state index in [1.807, 2.05) is 0 Å². The highest BCUT2D eigenvalue weighted by Crippen LogP contribution is 2.44. The zero-order chi connectivity index (χ0) is 17.1. The van der Waals surface area contributed by atoms with Crippen LogP contribution < -0.4 is 0 Å². The lowest BCUT2D eigenvalue weighted by Gasteiger charge is -2.45. The van der Waals surface area contributed by atoms with E-state index in [1.54, 1.807) is 14.2 Å². The van der Waals surface area contributed by atoms with Crippen molar-refractivity contribution in [3.05, 3.63) is 0 Å². The number of hydrogen-bond donors (Lipinski definition) is 2. The summed E-state index contributed by atoms with van der Waals surface area (Å²) in [6.45, 7) is 4.33. The number of hydrogen-bond acceptors (Lipinski definition) is 5. The average Bonchev–Trinajstić information content (AvgIpc) is 2.55. The molecule has 0 amide bonds. The maximum atomic E-state index is 9.77. The first-order valence-electron chi connectivity index (χ1n) is 8.99. The average molecular weight is 363 g/mol. The fourth-order valence-corrected chi connectivity index (χ4v) is 12.8. The first kappa shape index (κ1) is 19.6. The van der Waals surface area contributed by atoms with Crippen molar-refractivity contribution in [3.8, 4) is 0 Å². The molecule has 2 aliphatic rings. The van der Waals surface area contributed by atoms with Crippen LogP contribution in [0, 0.1) is 0 Å². The summed E-state index contributed by atoms with van der Waals surface area (Å²) in [7, 11) is -1.15. The zero-order valence-electron chi connectivity index (χ0n) is 15.1. The number of aliphatic hydroxyl groups excluding tert-OH is 2. The molecule has 0 aromatic carbocycles. The normalized spacial score (nSPS) is 37.8. The first-order valence-corrected chi connectivity index (χ1v) is 13.8. The smallest absolute Gasteiger partial charge is 0.329 e. The second kappa shape index (κ2) is 8.08. The summed E-state index contributed by atoms with van der Waals surface area (Å²) >= 11 is 0. The van der Waals surface area contributed by atoms with Crippen LogP contribution in [0.25, 0.3) is 0 Å². The molecule has 5 nitrogen and oxygen atoms in total. The van der Waals surface area contributed by atoms with Gasteiger partial charge in [0.05, 0.1) is 12.2 Å². The van der Waals surface area contributed by atoms with Crippen LogP contribution in [0.3, 0.4) is 0 Å². The molecule has 0 radical (unpaired) electrons. The van der Waals surface area contributed by atoms with Crippen molar-refractivity contribution in [1.82, 2.24) is 0 Å². The predicted octanol–water partition coefficient (Wildman–Crippen LogP) is 3.05. The van der Waals surface area contributed by atoms with Crippen molar-refractivity contribution in [2.75, 3.05) is 14.2 Å². The van der Waals surface area contributed by atoms with Crippen LogP contribution in [0.5, 0.6) is 0 Å². The minimum Gasteiger partial charge on any atom is -0.414 e. The van der Waals surface area contributed by atoms with Gasteiger partial charge < -0.3 is 23.2 Å². The fraction of sp³-hybridized carbons (Fsp3) is 1.00. The van der Waals surface area contributed by atoms with Crippen molar-refractivity contribution in [3.63, 3.8) is 0 Å². The molecule has 7 heteroatoms. The van der Waals surface area contributed by atoms with Gasteiger partial charge in [-0.05, 0) is 64.5 Å². The summed E-state index contributed by atoms with van der Waals surface area (Å²) in [5.41, 5.74) is 0.846. The van der Waals surface area contributed by atoms with Gasteiger partial charge in [0.25, 0.3) is 0 Å². The molecule has 0 aromatic heterocycles. The minimum absolute atomic E-state index is 0.160. The Kier molecular flexibility index (Phi) is 6.87. The quantitative estimate of drug-likeness (QED) is 0.711. The van der Waals surface area contributed by atoms with Gasteiger partial charge in [-0.25, -0.2) is 0 Å². The lowest BCUT2D eigenvalue weighted by Crippen LogP contribution is -2.57. The summed E-state index contributed by atoms with van der Waals surface area (Å²) in [6, 6.07) is 0. The highest BCUT2D eigenvalue weighted by atomic mass is 28.5. The molecule has 0 saturated heterocycles. The Morgan fingerprint density at radius 2 is 0.957 bits per heavy atom. The third-order valence-electron chi connectivity index (χ3n) is 6.09. The zero-order valence-corrected chi connectivity index (χ0v) is 17.1. The highest BCUT2D eigenvalue weighted by Gasteiger charge is 2.51. The Labute approximate surface area is 142 Å². The van der Waals surface area contributed by atoms with Crippen LogP contribution in [0.2, 0.25) is 24.2 Å². The molecular formula is C16H34O5Si2. The van der Waals surface area contributed by atoms with Gasteiger partial charge in [0.15, 0.2) is 0 Å². The van der Waals surface area contributed by atoms with Gasteiger partial charge in [-0.2, -0.15) is 0 Å². The fourth-order valence-electron chi connectivity index (χ4n) is 4.19. The molecule has 2 unspecified atom stereocenters. The lowest BCUT2D eigenvalue weighted by molar-refractivity contribution is 0.114. The van der Waals surface area contributed by atoms with Crippen LogP contribution in [-0.4, -0.2) is 53.8 Å². The maximum Gasteiger partial charge on any atom is 0.329 e. The van der Waals surface area contributed by atoms with E-state index in [0.717, 1.165) is 51.4 Å². The molecule has 2 atom stereocenters. The largest absolute Gasteiger partial charge is 0.414 e. The molecule has 136 valence electrons. The van der Waals surface area contributed by atoms with Crippen molar-refractivity contribution in [2.24, 2.45) is 0 Å². The maximum absolute atomic E-state index is 9.77. The van der Waals surface area contributed by atoms with E-state index in [2.05, 4.69) is 13.1 Å². The van der Waals surface area contributed by atoms with Gasteiger partial charge in [-0.15, -0.1) is 0 Å². The van der Waals surface area contributed by atoms with E-state index in [4.69, 9.17) is 13.0 Å². The van der Waals surface area contributed by atoms with Crippen molar-refractivity contribution < 1.29 is 23.2 Å². The lowest BCUT2D eigenvalue weighted by atomic mass is 9.97.